The zero-order valence-corrected chi connectivity index (χ0v) is 13.5. The van der Waals surface area contributed by atoms with Gasteiger partial charge >= 0.3 is 0 Å². The van der Waals surface area contributed by atoms with Gasteiger partial charge in [-0.2, -0.15) is 0 Å². The average Bonchev–Trinajstić information content (AvgIpc) is 2.74. The lowest BCUT2D eigenvalue weighted by molar-refractivity contribution is 1.02. The molecular formula is C14H13BrN4S. The molecule has 102 valence electrons. The molecule has 2 aromatic heterocycles. The van der Waals surface area contributed by atoms with Crippen LogP contribution in [0.5, 0.6) is 0 Å². The second-order valence-electron chi connectivity index (χ2n) is 4.47. The van der Waals surface area contributed by atoms with Crippen LogP contribution < -0.4 is 5.32 Å². The van der Waals surface area contributed by atoms with Crippen LogP contribution >= 0.6 is 27.3 Å². The highest BCUT2D eigenvalue weighted by Crippen LogP contribution is 2.24. The van der Waals surface area contributed by atoms with Gasteiger partial charge in [0.1, 0.15) is 12.1 Å². The maximum atomic E-state index is 4.53. The minimum atomic E-state index is 0.675. The summed E-state index contributed by atoms with van der Waals surface area (Å²) in [6.07, 6.45) is 1.58. The summed E-state index contributed by atoms with van der Waals surface area (Å²) in [4.78, 5) is 14.4. The fourth-order valence-electron chi connectivity index (χ4n) is 2.07. The molecule has 0 radical (unpaired) electrons. The zero-order chi connectivity index (χ0) is 14.1. The molecule has 0 aliphatic rings. The minimum absolute atomic E-state index is 0.675. The van der Waals surface area contributed by atoms with E-state index < -0.39 is 0 Å². The molecule has 4 nitrogen and oxygen atoms in total. The topological polar surface area (TPSA) is 50.7 Å². The van der Waals surface area contributed by atoms with Crippen molar-refractivity contribution in [1.82, 2.24) is 15.0 Å². The lowest BCUT2D eigenvalue weighted by Crippen LogP contribution is -2.04. The minimum Gasteiger partial charge on any atom is -0.364 e. The first-order valence-electron chi connectivity index (χ1n) is 6.20. The van der Waals surface area contributed by atoms with Crippen LogP contribution in [-0.2, 0) is 6.54 Å². The fraction of sp³-hybridized carbons (Fsp3) is 0.214. The van der Waals surface area contributed by atoms with E-state index in [0.29, 0.717) is 6.54 Å². The molecule has 0 amide bonds. The van der Waals surface area contributed by atoms with E-state index in [2.05, 4.69) is 43.1 Å². The standard InChI is InChI=1S/C14H13BrN4S/c1-8-13(19-9(2)20-8)6-16-14-11-5-10(15)3-4-12(11)17-7-18-14/h3-5,7H,6H2,1-2H3,(H,16,17,18). The van der Waals surface area contributed by atoms with Gasteiger partial charge in [0.2, 0.25) is 0 Å². The lowest BCUT2D eigenvalue weighted by Gasteiger charge is -2.07. The number of hydrogen-bond donors (Lipinski definition) is 1. The van der Waals surface area contributed by atoms with Crippen LogP contribution in [0.1, 0.15) is 15.6 Å². The van der Waals surface area contributed by atoms with Crippen LogP contribution in [0.25, 0.3) is 10.9 Å². The summed E-state index contributed by atoms with van der Waals surface area (Å²) in [5.74, 6) is 0.835. The first-order chi connectivity index (χ1) is 9.63. The Morgan fingerprint density at radius 2 is 2.10 bits per heavy atom. The number of nitrogens with zero attached hydrogens (tertiary/aromatic N) is 3. The number of aromatic nitrogens is 3. The van der Waals surface area contributed by atoms with E-state index >= 15 is 0 Å². The summed E-state index contributed by atoms with van der Waals surface area (Å²) in [6.45, 7) is 4.80. The van der Waals surface area contributed by atoms with Crippen LogP contribution in [0.15, 0.2) is 29.0 Å². The van der Waals surface area contributed by atoms with Crippen molar-refractivity contribution in [2.24, 2.45) is 0 Å². The van der Waals surface area contributed by atoms with Crippen molar-refractivity contribution in [3.05, 3.63) is 44.6 Å². The van der Waals surface area contributed by atoms with E-state index in [0.717, 1.165) is 31.9 Å². The third-order valence-electron chi connectivity index (χ3n) is 3.02. The molecule has 20 heavy (non-hydrogen) atoms. The van der Waals surface area contributed by atoms with Crippen molar-refractivity contribution in [3.63, 3.8) is 0 Å². The summed E-state index contributed by atoms with van der Waals surface area (Å²) in [6, 6.07) is 5.98. The van der Waals surface area contributed by atoms with Crippen LogP contribution in [0.2, 0.25) is 0 Å². The van der Waals surface area contributed by atoms with Crippen molar-refractivity contribution in [2.75, 3.05) is 5.32 Å². The molecule has 0 saturated carbocycles. The van der Waals surface area contributed by atoms with E-state index in [-0.39, 0.29) is 0 Å². The first-order valence-corrected chi connectivity index (χ1v) is 7.81. The van der Waals surface area contributed by atoms with Crippen molar-refractivity contribution < 1.29 is 0 Å². The molecule has 0 unspecified atom stereocenters. The highest BCUT2D eigenvalue weighted by Gasteiger charge is 2.07. The highest BCUT2D eigenvalue weighted by atomic mass is 79.9. The number of fused-ring (bicyclic) bond motifs is 1. The van der Waals surface area contributed by atoms with Crippen LogP contribution in [0.4, 0.5) is 5.82 Å². The zero-order valence-electron chi connectivity index (χ0n) is 11.1. The van der Waals surface area contributed by atoms with Gasteiger partial charge in [0.25, 0.3) is 0 Å². The molecule has 0 spiro atoms. The van der Waals surface area contributed by atoms with Crippen LogP contribution in [0, 0.1) is 13.8 Å². The van der Waals surface area contributed by atoms with Crippen molar-refractivity contribution in [2.45, 2.75) is 20.4 Å². The molecule has 0 aliphatic heterocycles. The van der Waals surface area contributed by atoms with Gasteiger partial charge in [0, 0.05) is 14.7 Å². The number of nitrogens with one attached hydrogen (secondary N) is 1. The summed E-state index contributed by atoms with van der Waals surface area (Å²) >= 11 is 5.20. The third-order valence-corrected chi connectivity index (χ3v) is 4.44. The van der Waals surface area contributed by atoms with Crippen molar-refractivity contribution in [1.29, 1.82) is 0 Å². The smallest absolute Gasteiger partial charge is 0.137 e. The number of benzene rings is 1. The second-order valence-corrected chi connectivity index (χ2v) is 6.80. The van der Waals surface area contributed by atoms with Gasteiger partial charge in [0.15, 0.2) is 0 Å². The maximum absolute atomic E-state index is 4.53. The van der Waals surface area contributed by atoms with Gasteiger partial charge in [0.05, 0.1) is 22.8 Å². The number of rotatable bonds is 3. The molecule has 0 fully saturated rings. The predicted octanol–water partition coefficient (Wildman–Crippen LogP) is 4.08. The van der Waals surface area contributed by atoms with Gasteiger partial charge < -0.3 is 5.32 Å². The van der Waals surface area contributed by atoms with E-state index in [4.69, 9.17) is 0 Å². The quantitative estimate of drug-likeness (QED) is 0.774. The Labute approximate surface area is 129 Å². The number of hydrogen-bond acceptors (Lipinski definition) is 5. The Morgan fingerprint density at radius 3 is 2.85 bits per heavy atom. The lowest BCUT2D eigenvalue weighted by atomic mass is 10.2. The summed E-state index contributed by atoms with van der Waals surface area (Å²) in [5.41, 5.74) is 2.01. The normalized spacial score (nSPS) is 10.9. The van der Waals surface area contributed by atoms with E-state index in [1.54, 1.807) is 17.7 Å². The van der Waals surface area contributed by atoms with Gasteiger partial charge in [-0.3, -0.25) is 0 Å². The maximum Gasteiger partial charge on any atom is 0.137 e. The van der Waals surface area contributed by atoms with E-state index in [1.807, 2.05) is 25.1 Å². The number of anilines is 1. The molecule has 1 aromatic carbocycles. The second kappa shape index (κ2) is 5.46. The predicted molar refractivity (Wildman–Crippen MR) is 86.2 cm³/mol. The Hall–Kier alpha value is -1.53. The molecule has 0 atom stereocenters. The SMILES string of the molecule is Cc1nc(CNc2ncnc3ccc(Br)cc23)c(C)s1. The van der Waals surface area contributed by atoms with Gasteiger partial charge in [-0.1, -0.05) is 15.9 Å². The molecule has 3 aromatic rings. The number of thiazole rings is 1. The monoisotopic (exact) mass is 348 g/mol. The molecule has 0 bridgehead atoms. The number of aryl methyl sites for hydroxylation is 2. The molecule has 0 saturated heterocycles. The Kier molecular flexibility index (Phi) is 3.67. The number of halogens is 1. The molecule has 0 aliphatic carbocycles. The van der Waals surface area contributed by atoms with Crippen molar-refractivity contribution >= 4 is 44.0 Å². The Morgan fingerprint density at radius 1 is 1.25 bits per heavy atom. The Bertz CT molecular complexity index is 769. The van der Waals surface area contributed by atoms with Gasteiger partial charge in [-0.15, -0.1) is 11.3 Å². The summed E-state index contributed by atoms with van der Waals surface area (Å²) < 4.78 is 1.02. The Balaban J connectivity index is 1.91. The summed E-state index contributed by atoms with van der Waals surface area (Å²) in [7, 11) is 0. The molecule has 3 rings (SSSR count). The average molecular weight is 349 g/mol. The first kappa shape index (κ1) is 13.5. The molecule has 6 heteroatoms. The molecule has 1 N–H and O–H groups in total. The van der Waals surface area contributed by atoms with E-state index in [9.17, 15) is 0 Å². The summed E-state index contributed by atoms with van der Waals surface area (Å²) in [5, 5.41) is 5.46. The van der Waals surface area contributed by atoms with Crippen molar-refractivity contribution in [3.8, 4) is 0 Å². The molecular weight excluding hydrogens is 336 g/mol. The van der Waals surface area contributed by atoms with Crippen LogP contribution in [-0.4, -0.2) is 15.0 Å². The largest absolute Gasteiger partial charge is 0.364 e. The molecule has 2 heterocycles. The van der Waals surface area contributed by atoms with Crippen LogP contribution in [0.3, 0.4) is 0 Å². The van der Waals surface area contributed by atoms with E-state index in [1.165, 1.54) is 4.88 Å². The fourth-order valence-corrected chi connectivity index (χ4v) is 3.27. The van der Waals surface area contributed by atoms with Gasteiger partial charge in [-0.05, 0) is 32.0 Å². The highest BCUT2D eigenvalue weighted by molar-refractivity contribution is 9.10. The van der Waals surface area contributed by atoms with Gasteiger partial charge in [-0.25, -0.2) is 15.0 Å². The third kappa shape index (κ3) is 2.66.